The zero-order valence-corrected chi connectivity index (χ0v) is 31.0. The van der Waals surface area contributed by atoms with Crippen LogP contribution in [0.5, 0.6) is 0 Å². The number of ether oxygens (including phenoxy) is 1. The Bertz CT molecular complexity index is 2230. The normalized spacial score (nSPS) is 13.0. The number of hydrogen-bond acceptors (Lipinski definition) is 10. The van der Waals surface area contributed by atoms with Gasteiger partial charge >= 0.3 is 6.09 Å². The molecule has 0 unspecified atom stereocenters. The standard InChI is InChI=1S/C43H38N6O9/c50-41(44-25-34(58-49(54)55)27-57-48(52)53)40(46-42(51)56-28-39-37-22-12-10-20-35(37)36-21-11-13-23-38(36)39)24-33-26-47(29-45-33)43(30-14-4-1-5-15-30,31-16-6-2-7-17-31)32-18-8-3-9-19-32/h1-23,26,29,34,39-40H,24-25,27-28H2,(H,44,50)(H,46,51)/t34-,40+/m1/s1. The maximum Gasteiger partial charge on any atom is 0.407 e. The summed E-state index contributed by atoms with van der Waals surface area (Å²) in [4.78, 5) is 62.8. The number of imidazole rings is 1. The highest BCUT2D eigenvalue weighted by atomic mass is 17.0. The first-order valence-corrected chi connectivity index (χ1v) is 18.4. The molecule has 2 N–H and O–H groups in total. The number of amides is 2. The number of hydrogen-bond donors (Lipinski definition) is 2. The Balaban J connectivity index is 1.18. The largest absolute Gasteiger partial charge is 0.449 e. The van der Waals surface area contributed by atoms with E-state index in [0.29, 0.717) is 5.69 Å². The van der Waals surface area contributed by atoms with E-state index < -0.39 is 53.0 Å². The van der Waals surface area contributed by atoms with E-state index >= 15 is 0 Å². The van der Waals surface area contributed by atoms with Crippen molar-refractivity contribution in [1.82, 2.24) is 20.2 Å². The van der Waals surface area contributed by atoms with E-state index in [1.807, 2.05) is 144 Å². The van der Waals surface area contributed by atoms with Crippen molar-refractivity contribution in [3.63, 3.8) is 0 Å². The average molecular weight is 783 g/mol. The van der Waals surface area contributed by atoms with E-state index in [-0.39, 0.29) is 18.9 Å². The highest BCUT2D eigenvalue weighted by molar-refractivity contribution is 5.86. The lowest BCUT2D eigenvalue weighted by molar-refractivity contribution is -0.789. The molecule has 7 rings (SSSR count). The van der Waals surface area contributed by atoms with Crippen LogP contribution in [0, 0.1) is 20.2 Å². The van der Waals surface area contributed by atoms with Gasteiger partial charge in [-0.3, -0.25) is 4.79 Å². The Morgan fingerprint density at radius 1 is 0.741 bits per heavy atom. The topological polar surface area (TPSA) is 190 Å². The van der Waals surface area contributed by atoms with Gasteiger partial charge in [0.15, 0.2) is 0 Å². The predicted octanol–water partition coefficient (Wildman–Crippen LogP) is 6.07. The molecule has 0 aliphatic heterocycles. The molecule has 0 radical (unpaired) electrons. The average Bonchev–Trinajstić information content (AvgIpc) is 3.84. The van der Waals surface area contributed by atoms with Crippen molar-refractivity contribution in [1.29, 1.82) is 0 Å². The molecule has 15 nitrogen and oxygen atoms in total. The summed E-state index contributed by atoms with van der Waals surface area (Å²) >= 11 is 0. The SMILES string of the molecule is O=C(N[C@@H](Cc1cn(C(c2ccccc2)(c2ccccc2)c2ccccc2)cn1)C(=O)NC[C@H](CO[N+](=O)[O-])O[N+](=O)[O-])OCC1c2ccccc2-c2ccccc21. The van der Waals surface area contributed by atoms with Crippen molar-refractivity contribution in [3.8, 4) is 11.1 Å². The van der Waals surface area contributed by atoms with Gasteiger partial charge in [-0.05, 0) is 38.9 Å². The summed E-state index contributed by atoms with van der Waals surface area (Å²) in [6.07, 6.45) is 0.922. The fourth-order valence-electron chi connectivity index (χ4n) is 7.57. The zero-order valence-electron chi connectivity index (χ0n) is 31.0. The van der Waals surface area contributed by atoms with Crippen LogP contribution < -0.4 is 10.6 Å². The van der Waals surface area contributed by atoms with Crippen molar-refractivity contribution in [2.24, 2.45) is 0 Å². The van der Waals surface area contributed by atoms with E-state index in [9.17, 15) is 29.8 Å². The molecular formula is C43H38N6O9. The molecule has 6 aromatic rings. The van der Waals surface area contributed by atoms with Crippen molar-refractivity contribution < 1.29 is 34.2 Å². The third kappa shape index (κ3) is 8.33. The van der Waals surface area contributed by atoms with E-state index in [2.05, 4.69) is 20.3 Å². The maximum atomic E-state index is 13.9. The predicted molar refractivity (Wildman–Crippen MR) is 210 cm³/mol. The Morgan fingerprint density at radius 2 is 1.26 bits per heavy atom. The third-order valence-electron chi connectivity index (χ3n) is 10.1. The quantitative estimate of drug-likeness (QED) is 0.0624. The first kappa shape index (κ1) is 38.7. The molecule has 0 spiro atoms. The van der Waals surface area contributed by atoms with Crippen molar-refractivity contribution >= 4 is 12.0 Å². The summed E-state index contributed by atoms with van der Waals surface area (Å²) in [6, 6.07) is 44.2. The van der Waals surface area contributed by atoms with Gasteiger partial charge in [0, 0.05) is 25.1 Å². The van der Waals surface area contributed by atoms with Crippen LogP contribution in [0.2, 0.25) is 0 Å². The summed E-state index contributed by atoms with van der Waals surface area (Å²) in [5, 5.41) is 24.8. The molecule has 1 heterocycles. The number of aromatic nitrogens is 2. The molecule has 294 valence electrons. The Labute approximate surface area is 332 Å². The zero-order chi connectivity index (χ0) is 40.5. The highest BCUT2D eigenvalue weighted by Crippen LogP contribution is 2.45. The van der Waals surface area contributed by atoms with Crippen LogP contribution in [0.4, 0.5) is 4.79 Å². The van der Waals surface area contributed by atoms with Gasteiger partial charge in [-0.15, -0.1) is 20.2 Å². The van der Waals surface area contributed by atoms with E-state index in [4.69, 9.17) is 9.72 Å². The number of nitrogens with zero attached hydrogens (tertiary/aromatic N) is 4. The number of nitrogens with one attached hydrogen (secondary N) is 2. The molecule has 0 saturated carbocycles. The minimum absolute atomic E-state index is 0.0203. The molecule has 1 aromatic heterocycles. The molecule has 2 amide bonds. The lowest BCUT2D eigenvalue weighted by Gasteiger charge is -2.37. The van der Waals surface area contributed by atoms with Crippen LogP contribution in [0.25, 0.3) is 11.1 Å². The Kier molecular flexibility index (Phi) is 11.7. The fraction of sp³-hybridized carbons (Fsp3) is 0.186. The first-order valence-electron chi connectivity index (χ1n) is 18.4. The molecular weight excluding hydrogens is 745 g/mol. The summed E-state index contributed by atoms with van der Waals surface area (Å²) in [7, 11) is 0. The lowest BCUT2D eigenvalue weighted by atomic mass is 9.77. The number of fused-ring (bicyclic) bond motifs is 3. The second kappa shape index (κ2) is 17.5. The molecule has 15 heteroatoms. The van der Waals surface area contributed by atoms with Crippen LogP contribution >= 0.6 is 0 Å². The van der Waals surface area contributed by atoms with Gasteiger partial charge in [-0.25, -0.2) is 9.78 Å². The second-order valence-electron chi connectivity index (χ2n) is 13.5. The molecule has 0 bridgehead atoms. The van der Waals surface area contributed by atoms with Crippen LogP contribution in [-0.4, -0.2) is 63.6 Å². The Hall–Kier alpha value is -7.55. The molecule has 58 heavy (non-hydrogen) atoms. The number of rotatable bonds is 17. The lowest BCUT2D eigenvalue weighted by Crippen LogP contribution is -2.50. The summed E-state index contributed by atoms with van der Waals surface area (Å²) in [6.45, 7) is -1.40. The summed E-state index contributed by atoms with van der Waals surface area (Å²) in [5.41, 5.74) is 6.43. The van der Waals surface area contributed by atoms with Crippen LogP contribution in [0.1, 0.15) is 39.4 Å². The minimum atomic E-state index is -1.53. The van der Waals surface area contributed by atoms with Crippen LogP contribution in [0.15, 0.2) is 152 Å². The first-order chi connectivity index (χ1) is 28.2. The number of benzene rings is 5. The van der Waals surface area contributed by atoms with Gasteiger partial charge in [0.05, 0.1) is 12.0 Å². The van der Waals surface area contributed by atoms with Crippen LogP contribution in [-0.2, 0) is 31.2 Å². The number of carbonyl (C=O) groups excluding carboxylic acids is 2. The monoisotopic (exact) mass is 782 g/mol. The molecule has 2 atom stereocenters. The van der Waals surface area contributed by atoms with Crippen molar-refractivity contribution in [2.45, 2.75) is 30.0 Å². The maximum absolute atomic E-state index is 13.9. The van der Waals surface area contributed by atoms with Crippen molar-refractivity contribution in [2.75, 3.05) is 19.8 Å². The Morgan fingerprint density at radius 3 is 1.78 bits per heavy atom. The van der Waals surface area contributed by atoms with E-state index in [1.165, 1.54) is 0 Å². The molecule has 1 aliphatic rings. The molecule has 0 saturated heterocycles. The minimum Gasteiger partial charge on any atom is -0.449 e. The van der Waals surface area contributed by atoms with Gasteiger partial charge in [0.2, 0.25) is 5.91 Å². The fourth-order valence-corrected chi connectivity index (χ4v) is 7.57. The second-order valence-corrected chi connectivity index (χ2v) is 13.5. The van der Waals surface area contributed by atoms with Crippen LogP contribution in [0.3, 0.4) is 0 Å². The van der Waals surface area contributed by atoms with E-state index in [0.717, 1.165) is 38.9 Å². The molecule has 5 aromatic carbocycles. The van der Waals surface area contributed by atoms with Gasteiger partial charge in [0.1, 0.15) is 30.9 Å². The summed E-state index contributed by atoms with van der Waals surface area (Å²) in [5.74, 6) is -1.02. The van der Waals surface area contributed by atoms with E-state index in [1.54, 1.807) is 12.5 Å². The third-order valence-corrected chi connectivity index (χ3v) is 10.1. The van der Waals surface area contributed by atoms with Gasteiger partial charge in [-0.1, -0.05) is 140 Å². The molecule has 0 fully saturated rings. The highest BCUT2D eigenvalue weighted by Gasteiger charge is 2.39. The smallest absolute Gasteiger partial charge is 0.407 e. The number of alkyl carbamates (subject to hydrolysis) is 1. The van der Waals surface area contributed by atoms with Gasteiger partial charge in [0.25, 0.3) is 10.2 Å². The summed E-state index contributed by atoms with van der Waals surface area (Å²) < 4.78 is 7.73. The number of carbonyl (C=O) groups is 2. The van der Waals surface area contributed by atoms with Gasteiger partial charge in [-0.2, -0.15) is 0 Å². The van der Waals surface area contributed by atoms with Crippen molar-refractivity contribution in [3.05, 3.63) is 206 Å². The molecule has 1 aliphatic carbocycles. The van der Waals surface area contributed by atoms with Gasteiger partial charge < -0.3 is 29.6 Å².